The lowest BCUT2D eigenvalue weighted by Gasteiger charge is -2.23. The summed E-state index contributed by atoms with van der Waals surface area (Å²) in [5.41, 5.74) is 3.03. The lowest BCUT2D eigenvalue weighted by Crippen LogP contribution is -2.35. The normalized spacial score (nSPS) is 13.2. The zero-order valence-electron chi connectivity index (χ0n) is 13.8. The van der Waals surface area contributed by atoms with Crippen LogP contribution in [0.1, 0.15) is 40.0 Å². The van der Waals surface area contributed by atoms with Crippen molar-refractivity contribution in [3.05, 3.63) is 69.7 Å². The van der Waals surface area contributed by atoms with Gasteiger partial charge in [0, 0.05) is 0 Å². The van der Waals surface area contributed by atoms with Gasteiger partial charge in [0.15, 0.2) is 0 Å². The molecule has 2 aromatic rings. The number of benzene rings is 2. The molecule has 0 fully saturated rings. The molecule has 4 nitrogen and oxygen atoms in total. The Labute approximate surface area is 146 Å². The molecule has 2 atom stereocenters. The Morgan fingerprint density at radius 2 is 1.67 bits per heavy atom. The number of aliphatic carboxylic acids is 1. The monoisotopic (exact) mass is 345 g/mol. The fourth-order valence-corrected chi connectivity index (χ4v) is 2.78. The first kappa shape index (κ1) is 18.0. The van der Waals surface area contributed by atoms with E-state index in [4.69, 9.17) is 11.6 Å². The van der Waals surface area contributed by atoms with Gasteiger partial charge in [0.1, 0.15) is 0 Å². The van der Waals surface area contributed by atoms with Gasteiger partial charge in [-0.05, 0) is 49.6 Å². The largest absolute Gasteiger partial charge is 0.481 e. The van der Waals surface area contributed by atoms with Crippen LogP contribution in [0.15, 0.2) is 42.5 Å². The summed E-state index contributed by atoms with van der Waals surface area (Å²) in [5.74, 6) is -2.14. The Morgan fingerprint density at radius 1 is 1.08 bits per heavy atom. The van der Waals surface area contributed by atoms with Crippen molar-refractivity contribution >= 4 is 23.5 Å². The summed E-state index contributed by atoms with van der Waals surface area (Å²) >= 11 is 6.19. The van der Waals surface area contributed by atoms with Crippen molar-refractivity contribution < 1.29 is 14.7 Å². The fraction of sp³-hybridized carbons (Fsp3) is 0.263. The van der Waals surface area contributed by atoms with E-state index in [0.29, 0.717) is 10.6 Å². The van der Waals surface area contributed by atoms with Gasteiger partial charge in [-0.15, -0.1) is 0 Å². The van der Waals surface area contributed by atoms with Gasteiger partial charge in [-0.25, -0.2) is 0 Å². The third kappa shape index (κ3) is 3.95. The molecule has 0 aliphatic carbocycles. The molecule has 0 aliphatic rings. The molecule has 0 saturated carbocycles. The molecule has 0 aliphatic heterocycles. The van der Waals surface area contributed by atoms with Crippen LogP contribution in [0.2, 0.25) is 5.02 Å². The van der Waals surface area contributed by atoms with Gasteiger partial charge < -0.3 is 10.4 Å². The molecule has 126 valence electrons. The van der Waals surface area contributed by atoms with Crippen LogP contribution in [-0.4, -0.2) is 17.0 Å². The van der Waals surface area contributed by atoms with E-state index in [9.17, 15) is 14.7 Å². The Bertz CT molecular complexity index is 759. The Balaban J connectivity index is 2.35. The minimum absolute atomic E-state index is 0.346. The summed E-state index contributed by atoms with van der Waals surface area (Å²) in [6.07, 6.45) is 0. The highest BCUT2D eigenvalue weighted by Crippen LogP contribution is 2.25. The molecule has 0 heterocycles. The van der Waals surface area contributed by atoms with Gasteiger partial charge in [-0.1, -0.05) is 41.9 Å². The summed E-state index contributed by atoms with van der Waals surface area (Å²) in [5, 5.41) is 12.5. The van der Waals surface area contributed by atoms with Crippen LogP contribution in [0, 0.1) is 19.8 Å². The number of aryl methyl sites for hydroxylation is 2. The van der Waals surface area contributed by atoms with Gasteiger partial charge in [-0.2, -0.15) is 0 Å². The summed E-state index contributed by atoms with van der Waals surface area (Å²) in [6, 6.07) is 11.9. The van der Waals surface area contributed by atoms with E-state index in [1.807, 2.05) is 32.0 Å². The second-order valence-corrected chi connectivity index (χ2v) is 6.31. The summed E-state index contributed by atoms with van der Waals surface area (Å²) < 4.78 is 0. The lowest BCUT2D eigenvalue weighted by molar-refractivity contribution is -0.142. The second kappa shape index (κ2) is 7.49. The minimum Gasteiger partial charge on any atom is -0.481 e. The van der Waals surface area contributed by atoms with E-state index in [1.54, 1.807) is 31.2 Å². The molecule has 2 unspecified atom stereocenters. The van der Waals surface area contributed by atoms with Gasteiger partial charge in [0.25, 0.3) is 5.91 Å². The number of nitrogens with one attached hydrogen (secondary N) is 1. The molecule has 0 saturated heterocycles. The van der Waals surface area contributed by atoms with Crippen LogP contribution >= 0.6 is 11.6 Å². The molecule has 5 heteroatoms. The molecular weight excluding hydrogens is 326 g/mol. The van der Waals surface area contributed by atoms with Crippen LogP contribution in [0.25, 0.3) is 0 Å². The topological polar surface area (TPSA) is 66.4 Å². The standard InChI is InChI=1S/C19H20ClNO3/c1-11-9-15(16(20)10-12(11)2)18(22)21-17(13(3)19(23)24)14-7-5-4-6-8-14/h4-10,13,17H,1-3H3,(H,21,22)(H,23,24). The number of carboxylic acids is 1. The molecule has 0 bridgehead atoms. The quantitative estimate of drug-likeness (QED) is 0.855. The molecule has 2 rings (SSSR count). The average Bonchev–Trinajstić information content (AvgIpc) is 2.55. The van der Waals surface area contributed by atoms with E-state index >= 15 is 0 Å². The molecule has 0 spiro atoms. The average molecular weight is 346 g/mol. The van der Waals surface area contributed by atoms with E-state index in [0.717, 1.165) is 16.7 Å². The maximum atomic E-state index is 12.7. The third-order valence-corrected chi connectivity index (χ3v) is 4.48. The van der Waals surface area contributed by atoms with Crippen molar-refractivity contribution in [3.8, 4) is 0 Å². The van der Waals surface area contributed by atoms with Crippen LogP contribution in [0.4, 0.5) is 0 Å². The van der Waals surface area contributed by atoms with E-state index in [-0.39, 0.29) is 5.91 Å². The van der Waals surface area contributed by atoms with Gasteiger partial charge >= 0.3 is 5.97 Å². The molecule has 2 aromatic carbocycles. The molecule has 24 heavy (non-hydrogen) atoms. The molecule has 0 radical (unpaired) electrons. The highest BCUT2D eigenvalue weighted by Gasteiger charge is 2.27. The van der Waals surface area contributed by atoms with Crippen molar-refractivity contribution in [2.75, 3.05) is 0 Å². The predicted molar refractivity (Wildman–Crippen MR) is 94.4 cm³/mol. The first-order chi connectivity index (χ1) is 11.3. The highest BCUT2D eigenvalue weighted by atomic mass is 35.5. The Kier molecular flexibility index (Phi) is 5.62. The predicted octanol–water partition coefficient (Wildman–Crippen LogP) is 4.15. The smallest absolute Gasteiger partial charge is 0.308 e. The maximum absolute atomic E-state index is 12.7. The van der Waals surface area contributed by atoms with Crippen molar-refractivity contribution in [2.45, 2.75) is 26.8 Å². The van der Waals surface area contributed by atoms with Crippen LogP contribution < -0.4 is 5.32 Å². The van der Waals surface area contributed by atoms with Crippen molar-refractivity contribution in [2.24, 2.45) is 5.92 Å². The van der Waals surface area contributed by atoms with E-state index in [1.165, 1.54) is 0 Å². The van der Waals surface area contributed by atoms with E-state index < -0.39 is 17.9 Å². The number of amides is 1. The fourth-order valence-electron chi connectivity index (χ4n) is 2.47. The molecular formula is C19H20ClNO3. The second-order valence-electron chi connectivity index (χ2n) is 5.91. The third-order valence-electron chi connectivity index (χ3n) is 4.16. The van der Waals surface area contributed by atoms with Crippen LogP contribution in [-0.2, 0) is 4.79 Å². The number of hydrogen-bond donors (Lipinski definition) is 2. The lowest BCUT2D eigenvalue weighted by atomic mass is 9.94. The number of carbonyl (C=O) groups is 2. The number of carboxylic acid groups (broad SMARTS) is 1. The van der Waals surface area contributed by atoms with E-state index in [2.05, 4.69) is 5.32 Å². The van der Waals surface area contributed by atoms with Crippen LogP contribution in [0.5, 0.6) is 0 Å². The van der Waals surface area contributed by atoms with Crippen molar-refractivity contribution in [1.82, 2.24) is 5.32 Å². The van der Waals surface area contributed by atoms with Gasteiger partial charge in [0.2, 0.25) is 0 Å². The Hall–Kier alpha value is -2.33. The molecule has 1 amide bonds. The first-order valence-corrected chi connectivity index (χ1v) is 8.04. The van der Waals surface area contributed by atoms with Crippen molar-refractivity contribution in [1.29, 1.82) is 0 Å². The first-order valence-electron chi connectivity index (χ1n) is 7.66. The van der Waals surface area contributed by atoms with Gasteiger partial charge in [0.05, 0.1) is 22.5 Å². The molecule has 2 N–H and O–H groups in total. The summed E-state index contributed by atoms with van der Waals surface area (Å²) in [4.78, 5) is 24.1. The number of carbonyl (C=O) groups excluding carboxylic acids is 1. The number of halogens is 1. The zero-order valence-corrected chi connectivity index (χ0v) is 14.6. The number of hydrogen-bond acceptors (Lipinski definition) is 2. The Morgan fingerprint density at radius 3 is 2.25 bits per heavy atom. The SMILES string of the molecule is Cc1cc(Cl)c(C(=O)NC(c2ccccc2)C(C)C(=O)O)cc1C. The maximum Gasteiger partial charge on any atom is 0.308 e. The zero-order chi connectivity index (χ0) is 17.9. The highest BCUT2D eigenvalue weighted by molar-refractivity contribution is 6.34. The van der Waals surface area contributed by atoms with Crippen molar-refractivity contribution in [3.63, 3.8) is 0 Å². The van der Waals surface area contributed by atoms with Gasteiger partial charge in [-0.3, -0.25) is 9.59 Å². The summed E-state index contributed by atoms with van der Waals surface area (Å²) in [7, 11) is 0. The number of rotatable bonds is 5. The minimum atomic E-state index is -0.977. The van der Waals surface area contributed by atoms with Crippen LogP contribution in [0.3, 0.4) is 0 Å². The molecule has 0 aromatic heterocycles. The summed E-state index contributed by atoms with van der Waals surface area (Å²) in [6.45, 7) is 5.39.